The van der Waals surface area contributed by atoms with Crippen LogP contribution in [-0.4, -0.2) is 55.8 Å². The standard InChI is InChI=1S/C21H21F6N3O3S/c22-17-12-19(24)18(23)10-13(17)9-15(28)11-20(31)29-5-7-30(8-6-29)34(32,33)16-3-1-14(2-4-16)21(25,26)27/h1-4,10,12,15H,5-9,11,28H2/t15-/m1/s1. The van der Waals surface area contributed by atoms with Crippen molar-refractivity contribution in [1.82, 2.24) is 9.21 Å². The molecule has 186 valence electrons. The lowest BCUT2D eigenvalue weighted by molar-refractivity contribution is -0.137. The van der Waals surface area contributed by atoms with E-state index >= 15 is 0 Å². The first-order valence-electron chi connectivity index (χ1n) is 10.1. The fourth-order valence-corrected chi connectivity index (χ4v) is 4.99. The molecule has 0 unspecified atom stereocenters. The van der Waals surface area contributed by atoms with Gasteiger partial charge < -0.3 is 10.6 Å². The zero-order valence-corrected chi connectivity index (χ0v) is 18.5. The average Bonchev–Trinajstić information content (AvgIpc) is 2.77. The fourth-order valence-electron chi connectivity index (χ4n) is 3.57. The molecule has 1 heterocycles. The van der Waals surface area contributed by atoms with E-state index in [1.807, 2.05) is 0 Å². The van der Waals surface area contributed by atoms with Crippen molar-refractivity contribution >= 4 is 15.9 Å². The first-order valence-corrected chi connectivity index (χ1v) is 11.6. The van der Waals surface area contributed by atoms with Crippen LogP contribution in [-0.2, 0) is 27.4 Å². The van der Waals surface area contributed by atoms with E-state index in [1.165, 1.54) is 4.90 Å². The minimum atomic E-state index is -4.59. The Bertz CT molecular complexity index is 1150. The Kier molecular flexibility index (Phi) is 7.58. The highest BCUT2D eigenvalue weighted by atomic mass is 32.2. The van der Waals surface area contributed by atoms with Gasteiger partial charge in [0.2, 0.25) is 15.9 Å². The van der Waals surface area contributed by atoms with E-state index in [2.05, 4.69) is 0 Å². The Morgan fingerprint density at radius 3 is 2.06 bits per heavy atom. The number of piperazine rings is 1. The van der Waals surface area contributed by atoms with Crippen molar-refractivity contribution in [3.63, 3.8) is 0 Å². The van der Waals surface area contributed by atoms with Crippen LogP contribution in [0, 0.1) is 17.5 Å². The molecule has 3 rings (SSSR count). The van der Waals surface area contributed by atoms with Crippen LogP contribution in [0.2, 0.25) is 0 Å². The fraction of sp³-hybridized carbons (Fsp3) is 0.381. The van der Waals surface area contributed by atoms with Gasteiger partial charge in [-0.05, 0) is 42.3 Å². The number of nitrogens with two attached hydrogens (primary N) is 1. The second kappa shape index (κ2) is 9.92. The van der Waals surface area contributed by atoms with Gasteiger partial charge in [0, 0.05) is 44.7 Å². The summed E-state index contributed by atoms with van der Waals surface area (Å²) in [4.78, 5) is 13.6. The first-order chi connectivity index (χ1) is 15.8. The molecule has 0 aliphatic carbocycles. The number of carbonyl (C=O) groups excluding carboxylic acids is 1. The second-order valence-corrected chi connectivity index (χ2v) is 9.77. The highest BCUT2D eigenvalue weighted by Crippen LogP contribution is 2.30. The van der Waals surface area contributed by atoms with Crippen molar-refractivity contribution in [2.75, 3.05) is 26.2 Å². The molecule has 2 aromatic rings. The number of carbonyl (C=O) groups is 1. The summed E-state index contributed by atoms with van der Waals surface area (Å²) in [5.74, 6) is -3.98. The van der Waals surface area contributed by atoms with Gasteiger partial charge in [-0.3, -0.25) is 4.79 Å². The van der Waals surface area contributed by atoms with Gasteiger partial charge in [0.15, 0.2) is 11.6 Å². The molecular weight excluding hydrogens is 488 g/mol. The van der Waals surface area contributed by atoms with E-state index in [-0.39, 0.29) is 49.5 Å². The highest BCUT2D eigenvalue weighted by molar-refractivity contribution is 7.89. The van der Waals surface area contributed by atoms with Gasteiger partial charge in [-0.2, -0.15) is 17.5 Å². The third kappa shape index (κ3) is 5.88. The summed E-state index contributed by atoms with van der Waals surface area (Å²) in [5, 5.41) is 0. The molecular formula is C21H21F6N3O3S. The molecule has 2 N–H and O–H groups in total. The Morgan fingerprint density at radius 1 is 0.941 bits per heavy atom. The summed E-state index contributed by atoms with van der Waals surface area (Å²) in [7, 11) is -4.05. The molecule has 6 nitrogen and oxygen atoms in total. The largest absolute Gasteiger partial charge is 0.416 e. The maximum absolute atomic E-state index is 13.8. The number of halogens is 6. The summed E-state index contributed by atoms with van der Waals surface area (Å²) in [6, 6.07) is 3.32. The molecule has 34 heavy (non-hydrogen) atoms. The molecule has 13 heteroatoms. The van der Waals surface area contributed by atoms with Crippen molar-refractivity contribution in [2.45, 2.75) is 30.0 Å². The van der Waals surface area contributed by atoms with Crippen molar-refractivity contribution in [3.8, 4) is 0 Å². The zero-order chi connectivity index (χ0) is 25.3. The second-order valence-electron chi connectivity index (χ2n) is 7.83. The molecule has 1 amide bonds. The van der Waals surface area contributed by atoms with E-state index in [0.717, 1.165) is 16.4 Å². The van der Waals surface area contributed by atoms with Crippen LogP contribution >= 0.6 is 0 Å². The Hall–Kier alpha value is -2.64. The molecule has 1 aliphatic rings. The number of benzene rings is 2. The summed E-state index contributed by atoms with van der Waals surface area (Å²) >= 11 is 0. The molecule has 0 saturated carbocycles. The quantitative estimate of drug-likeness (QED) is 0.480. The lowest BCUT2D eigenvalue weighted by Crippen LogP contribution is -2.51. The maximum atomic E-state index is 13.8. The normalized spacial score (nSPS) is 16.5. The van der Waals surface area contributed by atoms with Crippen LogP contribution in [0.15, 0.2) is 41.3 Å². The van der Waals surface area contributed by atoms with Gasteiger partial charge in [-0.1, -0.05) is 0 Å². The number of alkyl halides is 3. The molecule has 2 aromatic carbocycles. The number of nitrogens with zero attached hydrogens (tertiary/aromatic N) is 2. The van der Waals surface area contributed by atoms with Gasteiger partial charge in [0.05, 0.1) is 10.5 Å². The number of sulfonamides is 1. The number of rotatable bonds is 6. The SMILES string of the molecule is N[C@@H](CC(=O)N1CCN(S(=O)(=O)c2ccc(C(F)(F)F)cc2)CC1)Cc1cc(F)c(F)cc1F. The average molecular weight is 509 g/mol. The third-order valence-corrected chi connectivity index (χ3v) is 7.33. The molecule has 1 fully saturated rings. The summed E-state index contributed by atoms with van der Waals surface area (Å²) in [6.07, 6.45) is -5.03. The Labute approximate surface area is 192 Å². The van der Waals surface area contributed by atoms with E-state index in [0.29, 0.717) is 24.3 Å². The lowest BCUT2D eigenvalue weighted by Gasteiger charge is -2.34. The van der Waals surface area contributed by atoms with Crippen molar-refractivity contribution in [3.05, 3.63) is 65.0 Å². The monoisotopic (exact) mass is 509 g/mol. The van der Waals surface area contributed by atoms with Crippen LogP contribution in [0.1, 0.15) is 17.5 Å². The number of hydrogen-bond donors (Lipinski definition) is 1. The number of hydrogen-bond acceptors (Lipinski definition) is 4. The first kappa shape index (κ1) is 26.0. The smallest absolute Gasteiger partial charge is 0.340 e. The van der Waals surface area contributed by atoms with Crippen LogP contribution < -0.4 is 5.73 Å². The maximum Gasteiger partial charge on any atom is 0.416 e. The van der Waals surface area contributed by atoms with Crippen LogP contribution in [0.4, 0.5) is 26.3 Å². The Balaban J connectivity index is 1.56. The van der Waals surface area contributed by atoms with Crippen molar-refractivity contribution < 1.29 is 39.6 Å². The molecule has 1 atom stereocenters. The van der Waals surface area contributed by atoms with Crippen molar-refractivity contribution in [1.29, 1.82) is 0 Å². The van der Waals surface area contributed by atoms with E-state index in [1.54, 1.807) is 0 Å². The van der Waals surface area contributed by atoms with E-state index in [4.69, 9.17) is 5.73 Å². The molecule has 0 radical (unpaired) electrons. The molecule has 0 spiro atoms. The van der Waals surface area contributed by atoms with Gasteiger partial charge in [0.25, 0.3) is 0 Å². The molecule has 1 aliphatic heterocycles. The minimum absolute atomic E-state index is 0.0188. The third-order valence-electron chi connectivity index (χ3n) is 5.42. The van der Waals surface area contributed by atoms with Crippen LogP contribution in [0.3, 0.4) is 0 Å². The van der Waals surface area contributed by atoms with Crippen LogP contribution in [0.5, 0.6) is 0 Å². The molecule has 0 bridgehead atoms. The summed E-state index contributed by atoms with van der Waals surface area (Å²) < 4.78 is 105. The lowest BCUT2D eigenvalue weighted by atomic mass is 10.0. The predicted octanol–water partition coefficient (Wildman–Crippen LogP) is 2.92. The van der Waals surface area contributed by atoms with Crippen molar-refractivity contribution in [2.24, 2.45) is 5.73 Å². The topological polar surface area (TPSA) is 83.7 Å². The summed E-state index contributed by atoms with van der Waals surface area (Å²) in [6.45, 7) is -0.125. The van der Waals surface area contributed by atoms with E-state index in [9.17, 15) is 39.6 Å². The van der Waals surface area contributed by atoms with Gasteiger partial charge in [0.1, 0.15) is 5.82 Å². The summed E-state index contributed by atoms with van der Waals surface area (Å²) in [5.41, 5.74) is 4.72. The highest BCUT2D eigenvalue weighted by Gasteiger charge is 2.33. The minimum Gasteiger partial charge on any atom is -0.340 e. The predicted molar refractivity (Wildman–Crippen MR) is 109 cm³/mol. The van der Waals surface area contributed by atoms with Gasteiger partial charge >= 0.3 is 6.18 Å². The van der Waals surface area contributed by atoms with E-state index < -0.39 is 51.2 Å². The zero-order valence-electron chi connectivity index (χ0n) is 17.7. The molecule has 1 saturated heterocycles. The van der Waals surface area contributed by atoms with Gasteiger partial charge in [-0.15, -0.1) is 0 Å². The Morgan fingerprint density at radius 2 is 1.50 bits per heavy atom. The van der Waals surface area contributed by atoms with Gasteiger partial charge in [-0.25, -0.2) is 21.6 Å². The van der Waals surface area contributed by atoms with Crippen LogP contribution in [0.25, 0.3) is 0 Å². The number of amides is 1. The molecule has 0 aromatic heterocycles.